The minimum atomic E-state index is 0.233. The van der Waals surface area contributed by atoms with E-state index < -0.39 is 0 Å². The standard InChI is InChI=1S/C16H28N2O2/c1-4-18(11-12-19-5-2)16(13-17)14-7-9-15(10-8-14)20-6-3/h7-10,16H,4-6,11-13,17H2,1-3H3. The van der Waals surface area contributed by atoms with Crippen LogP contribution in [-0.2, 0) is 4.74 Å². The van der Waals surface area contributed by atoms with Crippen LogP contribution in [-0.4, -0.2) is 44.4 Å². The molecule has 0 aliphatic rings. The number of rotatable bonds is 10. The van der Waals surface area contributed by atoms with Gasteiger partial charge in [0.05, 0.1) is 13.2 Å². The summed E-state index contributed by atoms with van der Waals surface area (Å²) in [6.07, 6.45) is 0. The zero-order valence-corrected chi connectivity index (χ0v) is 13.0. The van der Waals surface area contributed by atoms with Gasteiger partial charge in [-0.1, -0.05) is 19.1 Å². The van der Waals surface area contributed by atoms with Gasteiger partial charge < -0.3 is 15.2 Å². The highest BCUT2D eigenvalue weighted by molar-refractivity contribution is 5.29. The lowest BCUT2D eigenvalue weighted by Gasteiger charge is -2.30. The molecule has 0 aliphatic carbocycles. The minimum Gasteiger partial charge on any atom is -0.494 e. The molecule has 4 heteroatoms. The third-order valence-electron chi connectivity index (χ3n) is 3.37. The Balaban J connectivity index is 2.71. The van der Waals surface area contributed by atoms with Crippen LogP contribution in [0.5, 0.6) is 5.75 Å². The molecule has 0 fully saturated rings. The Kier molecular flexibility index (Phi) is 8.26. The van der Waals surface area contributed by atoms with Crippen LogP contribution in [0.2, 0.25) is 0 Å². The molecule has 1 unspecified atom stereocenters. The molecule has 1 atom stereocenters. The zero-order chi connectivity index (χ0) is 14.8. The Bertz CT molecular complexity index is 354. The average molecular weight is 280 g/mol. The molecule has 0 amide bonds. The number of nitrogens with two attached hydrogens (primary N) is 1. The second kappa shape index (κ2) is 9.75. The maximum Gasteiger partial charge on any atom is 0.119 e. The van der Waals surface area contributed by atoms with E-state index in [9.17, 15) is 0 Å². The van der Waals surface area contributed by atoms with E-state index in [1.165, 1.54) is 5.56 Å². The summed E-state index contributed by atoms with van der Waals surface area (Å²) in [6, 6.07) is 8.46. The van der Waals surface area contributed by atoms with Crippen LogP contribution in [0.1, 0.15) is 32.4 Å². The van der Waals surface area contributed by atoms with Gasteiger partial charge in [0.25, 0.3) is 0 Å². The molecule has 1 aromatic carbocycles. The van der Waals surface area contributed by atoms with Crippen LogP contribution < -0.4 is 10.5 Å². The van der Waals surface area contributed by atoms with Crippen molar-refractivity contribution in [2.45, 2.75) is 26.8 Å². The first-order valence-electron chi connectivity index (χ1n) is 7.51. The Labute approximate surface area is 122 Å². The van der Waals surface area contributed by atoms with Crippen molar-refractivity contribution in [3.8, 4) is 5.75 Å². The fourth-order valence-corrected chi connectivity index (χ4v) is 2.31. The van der Waals surface area contributed by atoms with Gasteiger partial charge in [0, 0.05) is 25.7 Å². The van der Waals surface area contributed by atoms with Crippen LogP contribution >= 0.6 is 0 Å². The van der Waals surface area contributed by atoms with Crippen LogP contribution in [0.3, 0.4) is 0 Å². The van der Waals surface area contributed by atoms with Crippen LogP contribution in [0.15, 0.2) is 24.3 Å². The molecule has 0 bridgehead atoms. The molecular formula is C16H28N2O2. The van der Waals surface area contributed by atoms with E-state index in [4.69, 9.17) is 15.2 Å². The Hall–Kier alpha value is -1.10. The van der Waals surface area contributed by atoms with Gasteiger partial charge in [-0.15, -0.1) is 0 Å². The first kappa shape index (κ1) is 17.0. The van der Waals surface area contributed by atoms with Crippen molar-refractivity contribution >= 4 is 0 Å². The number of likely N-dealkylation sites (N-methyl/N-ethyl adjacent to an activating group) is 1. The molecule has 0 heterocycles. The highest BCUT2D eigenvalue weighted by Gasteiger charge is 2.17. The quantitative estimate of drug-likeness (QED) is 0.669. The summed E-state index contributed by atoms with van der Waals surface area (Å²) in [5, 5.41) is 0. The fraction of sp³-hybridized carbons (Fsp3) is 0.625. The number of benzene rings is 1. The molecule has 0 spiro atoms. The van der Waals surface area contributed by atoms with Gasteiger partial charge in [0.15, 0.2) is 0 Å². The van der Waals surface area contributed by atoms with Gasteiger partial charge in [-0.05, 0) is 38.1 Å². The fourth-order valence-electron chi connectivity index (χ4n) is 2.31. The number of ether oxygens (including phenoxy) is 2. The Morgan fingerprint density at radius 2 is 1.80 bits per heavy atom. The molecular weight excluding hydrogens is 252 g/mol. The zero-order valence-electron chi connectivity index (χ0n) is 13.0. The Morgan fingerprint density at radius 3 is 2.30 bits per heavy atom. The van der Waals surface area contributed by atoms with Crippen molar-refractivity contribution in [3.05, 3.63) is 29.8 Å². The molecule has 20 heavy (non-hydrogen) atoms. The van der Waals surface area contributed by atoms with E-state index in [1.807, 2.05) is 26.0 Å². The van der Waals surface area contributed by atoms with E-state index in [0.717, 1.165) is 32.1 Å². The summed E-state index contributed by atoms with van der Waals surface area (Å²) < 4.78 is 10.9. The highest BCUT2D eigenvalue weighted by Crippen LogP contribution is 2.22. The molecule has 114 valence electrons. The summed E-state index contributed by atoms with van der Waals surface area (Å²) in [5.74, 6) is 0.907. The maximum atomic E-state index is 5.97. The van der Waals surface area contributed by atoms with E-state index in [-0.39, 0.29) is 6.04 Å². The predicted molar refractivity (Wildman–Crippen MR) is 83.1 cm³/mol. The first-order chi connectivity index (χ1) is 9.76. The summed E-state index contributed by atoms with van der Waals surface area (Å²) in [7, 11) is 0. The number of hydrogen-bond donors (Lipinski definition) is 1. The predicted octanol–water partition coefficient (Wildman–Crippen LogP) is 2.44. The van der Waals surface area contributed by atoms with E-state index in [2.05, 4.69) is 24.0 Å². The molecule has 4 nitrogen and oxygen atoms in total. The second-order valence-electron chi connectivity index (χ2n) is 4.58. The largest absolute Gasteiger partial charge is 0.494 e. The SMILES string of the molecule is CCOCCN(CC)C(CN)c1ccc(OCC)cc1. The lowest BCUT2D eigenvalue weighted by atomic mass is 10.1. The third kappa shape index (κ3) is 5.12. The first-order valence-corrected chi connectivity index (χ1v) is 7.51. The number of hydrogen-bond acceptors (Lipinski definition) is 4. The normalized spacial score (nSPS) is 12.7. The van der Waals surface area contributed by atoms with Crippen LogP contribution in [0.25, 0.3) is 0 Å². The van der Waals surface area contributed by atoms with Crippen molar-refractivity contribution in [1.82, 2.24) is 4.90 Å². The van der Waals surface area contributed by atoms with Gasteiger partial charge in [0.2, 0.25) is 0 Å². The van der Waals surface area contributed by atoms with Crippen molar-refractivity contribution in [2.75, 3.05) is 39.5 Å². The van der Waals surface area contributed by atoms with Gasteiger partial charge >= 0.3 is 0 Å². The second-order valence-corrected chi connectivity index (χ2v) is 4.58. The molecule has 1 aromatic rings. The Morgan fingerprint density at radius 1 is 1.10 bits per heavy atom. The van der Waals surface area contributed by atoms with Gasteiger partial charge in [0.1, 0.15) is 5.75 Å². The van der Waals surface area contributed by atoms with Crippen molar-refractivity contribution in [1.29, 1.82) is 0 Å². The molecule has 0 aromatic heterocycles. The number of nitrogens with zero attached hydrogens (tertiary/aromatic N) is 1. The van der Waals surface area contributed by atoms with E-state index >= 15 is 0 Å². The summed E-state index contributed by atoms with van der Waals surface area (Å²) in [6.45, 7) is 10.8. The molecule has 1 rings (SSSR count). The topological polar surface area (TPSA) is 47.7 Å². The van der Waals surface area contributed by atoms with Crippen molar-refractivity contribution < 1.29 is 9.47 Å². The van der Waals surface area contributed by atoms with Gasteiger partial charge in [-0.25, -0.2) is 0 Å². The molecule has 0 saturated carbocycles. The molecule has 0 saturated heterocycles. The monoisotopic (exact) mass is 280 g/mol. The van der Waals surface area contributed by atoms with Gasteiger partial charge in [-0.3, -0.25) is 4.90 Å². The summed E-state index contributed by atoms with van der Waals surface area (Å²) in [5.41, 5.74) is 7.20. The summed E-state index contributed by atoms with van der Waals surface area (Å²) in [4.78, 5) is 2.35. The third-order valence-corrected chi connectivity index (χ3v) is 3.37. The van der Waals surface area contributed by atoms with Crippen molar-refractivity contribution in [3.63, 3.8) is 0 Å². The minimum absolute atomic E-state index is 0.233. The van der Waals surface area contributed by atoms with Crippen LogP contribution in [0, 0.1) is 0 Å². The molecule has 0 radical (unpaired) electrons. The summed E-state index contributed by atoms with van der Waals surface area (Å²) >= 11 is 0. The smallest absolute Gasteiger partial charge is 0.119 e. The van der Waals surface area contributed by atoms with Gasteiger partial charge in [-0.2, -0.15) is 0 Å². The average Bonchev–Trinajstić information content (AvgIpc) is 2.48. The van der Waals surface area contributed by atoms with E-state index in [0.29, 0.717) is 13.2 Å². The molecule has 0 aliphatic heterocycles. The van der Waals surface area contributed by atoms with E-state index in [1.54, 1.807) is 0 Å². The maximum absolute atomic E-state index is 5.97. The lowest BCUT2D eigenvalue weighted by Crippen LogP contribution is -2.36. The highest BCUT2D eigenvalue weighted by atomic mass is 16.5. The molecule has 2 N–H and O–H groups in total. The lowest BCUT2D eigenvalue weighted by molar-refractivity contribution is 0.0980. The van der Waals surface area contributed by atoms with Crippen LogP contribution in [0.4, 0.5) is 0 Å². The van der Waals surface area contributed by atoms with Crippen molar-refractivity contribution in [2.24, 2.45) is 5.73 Å².